The fraction of sp³-hybridized carbons (Fsp3) is 0.333. The van der Waals surface area contributed by atoms with Gasteiger partial charge in [0.05, 0.1) is 13.4 Å². The van der Waals surface area contributed by atoms with Crippen LogP contribution in [0.2, 0.25) is 0 Å². The molecular formula is C24H32F2N4O4. The second kappa shape index (κ2) is 18.9. The number of halogens is 2. The summed E-state index contributed by atoms with van der Waals surface area (Å²) >= 11 is 0. The Morgan fingerprint density at radius 1 is 1.26 bits per heavy atom. The number of nitrogens with one attached hydrogen (secondary N) is 2. The van der Waals surface area contributed by atoms with Gasteiger partial charge in [-0.15, -0.1) is 0 Å². The third-order valence-electron chi connectivity index (χ3n) is 4.18. The Labute approximate surface area is 198 Å². The lowest BCUT2D eigenvalue weighted by atomic mass is 10.1. The number of ether oxygens (including phenoxy) is 1. The molecule has 0 spiro atoms. The van der Waals surface area contributed by atoms with Gasteiger partial charge < -0.3 is 25.5 Å². The average Bonchev–Trinajstić information content (AvgIpc) is 3.39. The smallest absolute Gasteiger partial charge is 0.271 e. The molecule has 1 aliphatic heterocycles. The van der Waals surface area contributed by atoms with E-state index < -0.39 is 0 Å². The van der Waals surface area contributed by atoms with Crippen molar-refractivity contribution in [3.05, 3.63) is 70.9 Å². The number of amides is 1. The predicted molar refractivity (Wildman–Crippen MR) is 129 cm³/mol. The normalized spacial score (nSPS) is 11.5. The Bertz CT molecular complexity index is 915. The van der Waals surface area contributed by atoms with Crippen molar-refractivity contribution in [3.8, 4) is 0 Å². The van der Waals surface area contributed by atoms with Crippen molar-refractivity contribution in [1.29, 1.82) is 0 Å². The largest absolute Gasteiger partial charge is 0.470 e. The molecule has 1 amide bonds. The number of nitrogens with zero attached hydrogens (tertiary/aromatic N) is 2. The third kappa shape index (κ3) is 10.8. The number of aliphatic imine (C=N–C) groups is 1. The molecule has 0 saturated heterocycles. The van der Waals surface area contributed by atoms with E-state index in [0.29, 0.717) is 43.6 Å². The molecule has 0 aliphatic carbocycles. The molecule has 1 aromatic carbocycles. The molecule has 1 aliphatic rings. The molecule has 0 atom stereocenters. The van der Waals surface area contributed by atoms with Gasteiger partial charge in [0, 0.05) is 38.0 Å². The predicted octanol–water partition coefficient (Wildman–Crippen LogP) is 2.93. The summed E-state index contributed by atoms with van der Waals surface area (Å²) in [7, 11) is 3.25. The molecule has 1 aromatic heterocycles. The topological polar surface area (TPSA) is 113 Å². The lowest BCUT2D eigenvalue weighted by Gasteiger charge is -2.08. The number of aliphatic hydroxyl groups excluding tert-OH is 1. The number of hydrogen-bond acceptors (Lipinski definition) is 7. The molecule has 2 heterocycles. The van der Waals surface area contributed by atoms with E-state index in [4.69, 9.17) is 9.84 Å². The van der Waals surface area contributed by atoms with E-state index in [2.05, 4.69) is 20.6 Å². The van der Waals surface area contributed by atoms with E-state index >= 15 is 0 Å². The lowest BCUT2D eigenvalue weighted by Crippen LogP contribution is -2.31. The van der Waals surface area contributed by atoms with Crippen LogP contribution >= 0.6 is 0 Å². The zero-order chi connectivity index (χ0) is 25.8. The first-order valence-corrected chi connectivity index (χ1v) is 10.3. The zero-order valence-electron chi connectivity index (χ0n) is 19.8. The number of rotatable bonds is 7. The van der Waals surface area contributed by atoms with Crippen LogP contribution in [0.4, 0.5) is 8.78 Å². The maximum absolute atomic E-state index is 13.1. The van der Waals surface area contributed by atoms with E-state index in [1.54, 1.807) is 43.7 Å². The number of hydrogen-bond donors (Lipinski definition) is 3. The Morgan fingerprint density at radius 2 is 1.91 bits per heavy atom. The highest BCUT2D eigenvalue weighted by molar-refractivity contribution is 6.00. The van der Waals surface area contributed by atoms with Gasteiger partial charge in [-0.2, -0.15) is 0 Å². The monoisotopic (exact) mass is 478 g/mol. The van der Waals surface area contributed by atoms with Gasteiger partial charge >= 0.3 is 0 Å². The van der Waals surface area contributed by atoms with Crippen molar-refractivity contribution in [2.75, 3.05) is 34.6 Å². The minimum absolute atomic E-state index is 0.211. The molecule has 0 unspecified atom stereocenters. The van der Waals surface area contributed by atoms with Gasteiger partial charge in [0.25, 0.3) is 5.91 Å². The summed E-state index contributed by atoms with van der Waals surface area (Å²) in [6.45, 7) is 2.54. The molecule has 34 heavy (non-hydrogen) atoms. The fourth-order valence-electron chi connectivity index (χ4n) is 2.63. The Balaban J connectivity index is 0.00000121. The number of carbonyl (C=O) groups is 2. The van der Waals surface area contributed by atoms with Crippen LogP contribution in [0.3, 0.4) is 0 Å². The van der Waals surface area contributed by atoms with Crippen LogP contribution in [0.15, 0.2) is 53.4 Å². The van der Waals surface area contributed by atoms with Crippen LogP contribution in [-0.2, 0) is 16.0 Å². The van der Waals surface area contributed by atoms with E-state index in [1.165, 1.54) is 6.07 Å². The second-order valence-electron chi connectivity index (χ2n) is 6.30. The van der Waals surface area contributed by atoms with Gasteiger partial charge in [-0.1, -0.05) is 24.3 Å². The summed E-state index contributed by atoms with van der Waals surface area (Å²) in [5.41, 5.74) is 2.42. The number of aliphatic hydroxyl groups is 1. The molecule has 8 nitrogen and oxygen atoms in total. The summed E-state index contributed by atoms with van der Waals surface area (Å²) in [5, 5.41) is 12.7. The number of benzene rings is 1. The van der Waals surface area contributed by atoms with Gasteiger partial charge in [0.2, 0.25) is 0 Å². The molecule has 3 N–H and O–H groups in total. The van der Waals surface area contributed by atoms with Crippen LogP contribution in [0.1, 0.15) is 34.8 Å². The summed E-state index contributed by atoms with van der Waals surface area (Å²) in [6, 6.07) is 8.23. The minimum atomic E-state index is -0.366. The summed E-state index contributed by atoms with van der Waals surface area (Å²) in [5.74, 6) is -0.183. The summed E-state index contributed by atoms with van der Waals surface area (Å²) < 4.78 is 28.1. The zero-order valence-corrected chi connectivity index (χ0v) is 19.8. The Kier molecular flexibility index (Phi) is 16.8. The van der Waals surface area contributed by atoms with E-state index in [0.717, 1.165) is 30.7 Å². The fourth-order valence-corrected chi connectivity index (χ4v) is 2.63. The quantitative estimate of drug-likeness (QED) is 0.320. The van der Waals surface area contributed by atoms with Crippen LogP contribution < -0.4 is 10.6 Å². The van der Waals surface area contributed by atoms with Gasteiger partial charge in [0.1, 0.15) is 17.8 Å². The lowest BCUT2D eigenvalue weighted by molar-refractivity contribution is -0.117. The van der Waals surface area contributed by atoms with Gasteiger partial charge in [-0.05, 0) is 37.6 Å². The van der Waals surface area contributed by atoms with Crippen molar-refractivity contribution in [1.82, 2.24) is 15.6 Å². The van der Waals surface area contributed by atoms with Crippen LogP contribution in [0, 0.1) is 5.82 Å². The van der Waals surface area contributed by atoms with E-state index in [1.807, 2.05) is 6.92 Å². The highest BCUT2D eigenvalue weighted by Crippen LogP contribution is 2.23. The number of aromatic nitrogens is 1. The first-order chi connectivity index (χ1) is 16.6. The van der Waals surface area contributed by atoms with E-state index in [9.17, 15) is 18.4 Å². The summed E-state index contributed by atoms with van der Waals surface area (Å²) in [4.78, 5) is 30.5. The van der Waals surface area contributed by atoms with Gasteiger partial charge in [-0.25, -0.2) is 4.39 Å². The molecule has 0 saturated carbocycles. The third-order valence-corrected chi connectivity index (χ3v) is 4.18. The number of aryl methyl sites for hydroxylation is 1. The van der Waals surface area contributed by atoms with Crippen molar-refractivity contribution in [2.45, 2.75) is 19.8 Å². The first kappa shape index (κ1) is 30.3. The average molecular weight is 479 g/mol. The maximum Gasteiger partial charge on any atom is 0.271 e. The molecule has 0 bridgehead atoms. The SMILES string of the molecule is CC=NC.CF.CO.O=Cc1ccc(C2=C(C(=O)NCCCc3cncc(F)c3)NCO2)cc1. The van der Waals surface area contributed by atoms with Gasteiger partial charge in [-0.3, -0.25) is 19.0 Å². The van der Waals surface area contributed by atoms with Crippen LogP contribution in [0.5, 0.6) is 0 Å². The highest BCUT2D eigenvalue weighted by atomic mass is 19.1. The molecular weight excluding hydrogens is 446 g/mol. The van der Waals surface area contributed by atoms with Crippen LogP contribution in [-0.4, -0.2) is 63.1 Å². The van der Waals surface area contributed by atoms with Crippen molar-refractivity contribution < 1.29 is 28.2 Å². The Morgan fingerprint density at radius 3 is 2.47 bits per heavy atom. The molecule has 0 radical (unpaired) electrons. The standard InChI is InChI=1S/C19H18FN3O3.C3H7N.CH3F.CH4O/c20-16-8-14(9-21-10-16)2-1-7-22-19(25)17-18(26-12-23-17)15-5-3-13(11-24)4-6-15;1-3-4-2;2*1-2/h3-6,8-11,23H,1-2,7,12H2,(H,22,25);3H,1-2H3;1H3;2H,1H3. The first-order valence-electron chi connectivity index (χ1n) is 10.3. The molecule has 10 heteroatoms. The van der Waals surface area contributed by atoms with Gasteiger partial charge in [0.15, 0.2) is 12.5 Å². The number of aldehydes is 1. The van der Waals surface area contributed by atoms with Crippen molar-refractivity contribution >= 4 is 24.2 Å². The highest BCUT2D eigenvalue weighted by Gasteiger charge is 2.23. The van der Waals surface area contributed by atoms with Crippen molar-refractivity contribution in [3.63, 3.8) is 0 Å². The van der Waals surface area contributed by atoms with E-state index in [-0.39, 0.29) is 18.5 Å². The maximum atomic E-state index is 13.1. The molecule has 0 fully saturated rings. The Hall–Kier alpha value is -3.66. The number of pyridine rings is 1. The molecule has 2 aromatic rings. The van der Waals surface area contributed by atoms with Crippen LogP contribution in [0.25, 0.3) is 5.76 Å². The number of carbonyl (C=O) groups excluding carboxylic acids is 2. The molecule has 186 valence electrons. The second-order valence-corrected chi connectivity index (χ2v) is 6.30. The summed E-state index contributed by atoms with van der Waals surface area (Å²) in [6.07, 6.45) is 6.56. The molecule has 3 rings (SSSR count). The minimum Gasteiger partial charge on any atom is -0.470 e. The number of alkyl halides is 1. The van der Waals surface area contributed by atoms with Crippen molar-refractivity contribution in [2.24, 2.45) is 4.99 Å².